The zero-order chi connectivity index (χ0) is 50.3. The summed E-state index contributed by atoms with van der Waals surface area (Å²) in [6.45, 7) is 2.43. The van der Waals surface area contributed by atoms with Crippen LogP contribution in [0.1, 0.15) is 174 Å². The molecule has 0 radical (unpaired) electrons. The Bertz CT molecular complexity index is 1430. The van der Waals surface area contributed by atoms with Crippen LogP contribution in [0.4, 0.5) is 0 Å². The first kappa shape index (κ1) is 62.3. The molecule has 2 heterocycles. The topological polar surface area (TPSA) is 231 Å². The summed E-state index contributed by atoms with van der Waals surface area (Å²) in [6.07, 6.45) is 29.5. The molecule has 0 saturated carbocycles. The molecule has 0 aliphatic carbocycles. The minimum atomic E-state index is -1.77. The number of carbonyl (C=O) groups is 2. The summed E-state index contributed by atoms with van der Waals surface area (Å²) in [4.78, 5) is 25.8. The van der Waals surface area contributed by atoms with Gasteiger partial charge in [0.15, 0.2) is 18.7 Å². The molecule has 398 valence electrons. The zero-order valence-electron chi connectivity index (χ0n) is 42.0. The van der Waals surface area contributed by atoms with Gasteiger partial charge in [0.2, 0.25) is 0 Å². The third-order valence-corrected chi connectivity index (χ3v) is 12.2. The molecule has 2 aliphatic heterocycles. The average molecular weight is 981 g/mol. The van der Waals surface area contributed by atoms with Crippen molar-refractivity contribution in [1.29, 1.82) is 0 Å². The Morgan fingerprint density at radius 2 is 0.913 bits per heavy atom. The summed E-state index contributed by atoms with van der Waals surface area (Å²) >= 11 is 0. The molecule has 2 fully saturated rings. The van der Waals surface area contributed by atoms with Gasteiger partial charge >= 0.3 is 11.9 Å². The van der Waals surface area contributed by atoms with E-state index in [-0.39, 0.29) is 19.4 Å². The van der Waals surface area contributed by atoms with E-state index in [0.29, 0.717) is 12.8 Å². The van der Waals surface area contributed by atoms with Crippen LogP contribution in [0.25, 0.3) is 0 Å². The van der Waals surface area contributed by atoms with Gasteiger partial charge in [-0.15, -0.1) is 0 Å². The molecule has 0 bridgehead atoms. The van der Waals surface area contributed by atoms with Gasteiger partial charge in [0, 0.05) is 12.8 Å². The Balaban J connectivity index is 1.81. The molecule has 2 rings (SSSR count). The van der Waals surface area contributed by atoms with Gasteiger partial charge in [-0.2, -0.15) is 0 Å². The summed E-state index contributed by atoms with van der Waals surface area (Å²) < 4.78 is 33.6. The van der Waals surface area contributed by atoms with Gasteiger partial charge in [-0.3, -0.25) is 9.59 Å². The lowest BCUT2D eigenvalue weighted by atomic mass is 9.98. The Morgan fingerprint density at radius 1 is 0.478 bits per heavy atom. The van der Waals surface area contributed by atoms with Crippen molar-refractivity contribution in [2.24, 2.45) is 0 Å². The van der Waals surface area contributed by atoms with Crippen LogP contribution in [0.2, 0.25) is 0 Å². The Morgan fingerprint density at radius 3 is 1.43 bits per heavy atom. The molecule has 0 spiro atoms. The largest absolute Gasteiger partial charge is 0.462 e. The summed E-state index contributed by atoms with van der Waals surface area (Å²) in [6, 6.07) is 0. The second kappa shape index (κ2) is 40.8. The molecule has 0 aromatic heterocycles. The van der Waals surface area contributed by atoms with E-state index in [1.54, 1.807) is 0 Å². The summed E-state index contributed by atoms with van der Waals surface area (Å²) in [5, 5.41) is 72.1. The van der Waals surface area contributed by atoms with Gasteiger partial charge in [0.1, 0.15) is 55.4 Å². The fourth-order valence-corrected chi connectivity index (χ4v) is 7.91. The van der Waals surface area contributed by atoms with Crippen LogP contribution >= 0.6 is 0 Å². The van der Waals surface area contributed by atoms with Crippen LogP contribution in [-0.2, 0) is 38.0 Å². The van der Waals surface area contributed by atoms with E-state index in [9.17, 15) is 45.3 Å². The van der Waals surface area contributed by atoms with Gasteiger partial charge in [-0.1, -0.05) is 145 Å². The molecule has 15 nitrogen and oxygen atoms in total. The van der Waals surface area contributed by atoms with Crippen LogP contribution in [0, 0.1) is 0 Å². The monoisotopic (exact) mass is 981 g/mol. The van der Waals surface area contributed by atoms with Crippen molar-refractivity contribution >= 4 is 11.9 Å². The molecule has 0 aromatic rings. The number of allylic oxidation sites excluding steroid dienone is 10. The number of hydrogen-bond acceptors (Lipinski definition) is 15. The maximum atomic E-state index is 13.0. The minimum Gasteiger partial charge on any atom is -0.462 e. The predicted octanol–water partition coefficient (Wildman–Crippen LogP) is 7.66. The standard InChI is InChI=1S/C54H92O15/c1-3-5-7-9-11-13-15-17-19-21-23-25-27-29-31-33-35-37-46(57)67-42(39-64-45(56)36-34-32-30-28-26-24-22-20-18-16-14-12-10-8-6-4-2)40-65-53-52(63)50(61)48(59)44(69-53)41-66-54-51(62)49(60)47(58)43(38-55)68-54/h5,7,11,13-14,16-17,19-20,22,42-44,47-55,58-63H,3-4,6,8-10,12,15,18,21,23-41H2,1-2H3/b7-5-,13-11-,16-14-,19-17-,22-20-. The van der Waals surface area contributed by atoms with Crippen LogP contribution in [0.15, 0.2) is 60.8 Å². The van der Waals surface area contributed by atoms with E-state index in [4.69, 9.17) is 28.4 Å². The Labute approximate surface area is 413 Å². The smallest absolute Gasteiger partial charge is 0.306 e. The van der Waals surface area contributed by atoms with E-state index in [1.165, 1.54) is 25.7 Å². The highest BCUT2D eigenvalue weighted by Gasteiger charge is 2.47. The van der Waals surface area contributed by atoms with Crippen LogP contribution in [0.5, 0.6) is 0 Å². The summed E-state index contributed by atoms with van der Waals surface area (Å²) in [5.41, 5.74) is 0. The number of ether oxygens (including phenoxy) is 6. The van der Waals surface area contributed by atoms with Crippen molar-refractivity contribution in [3.05, 3.63) is 60.8 Å². The van der Waals surface area contributed by atoms with E-state index in [2.05, 4.69) is 74.6 Å². The lowest BCUT2D eigenvalue weighted by molar-refractivity contribution is -0.332. The fourth-order valence-electron chi connectivity index (χ4n) is 7.91. The van der Waals surface area contributed by atoms with Gasteiger partial charge in [-0.25, -0.2) is 0 Å². The predicted molar refractivity (Wildman–Crippen MR) is 266 cm³/mol. The molecule has 69 heavy (non-hydrogen) atoms. The van der Waals surface area contributed by atoms with Crippen molar-refractivity contribution in [2.75, 3.05) is 26.4 Å². The average Bonchev–Trinajstić information content (AvgIpc) is 3.34. The number of esters is 2. The third-order valence-electron chi connectivity index (χ3n) is 12.2. The van der Waals surface area contributed by atoms with Crippen LogP contribution < -0.4 is 0 Å². The number of rotatable bonds is 40. The number of carbonyl (C=O) groups excluding carboxylic acids is 2. The summed E-state index contributed by atoms with van der Waals surface area (Å²) in [7, 11) is 0. The highest BCUT2D eigenvalue weighted by molar-refractivity contribution is 5.70. The van der Waals surface area contributed by atoms with Crippen molar-refractivity contribution in [3.63, 3.8) is 0 Å². The normalized spacial score (nSPS) is 26.0. The second-order valence-corrected chi connectivity index (χ2v) is 18.3. The van der Waals surface area contributed by atoms with Crippen LogP contribution in [-0.4, -0.2) is 142 Å². The number of aliphatic hydroxyl groups excluding tert-OH is 7. The fraction of sp³-hybridized carbons (Fsp3) is 0.778. The SMILES string of the molecule is CC/C=C\C/C=C\C/C=C\CCCCCCCCCC(=O)OC(COC(=O)CCCCCCC/C=C\C/C=C\CCCCCC)COC1OC(COC2OC(CO)C(O)C(O)C2O)C(O)C(O)C1O. The molecule has 15 heteroatoms. The molecule has 0 aromatic carbocycles. The van der Waals surface area contributed by atoms with E-state index in [0.717, 1.165) is 109 Å². The van der Waals surface area contributed by atoms with Crippen molar-refractivity contribution in [3.8, 4) is 0 Å². The van der Waals surface area contributed by atoms with Crippen molar-refractivity contribution < 1.29 is 73.8 Å². The maximum absolute atomic E-state index is 13.0. The first-order chi connectivity index (χ1) is 33.5. The lowest BCUT2D eigenvalue weighted by Crippen LogP contribution is -2.61. The van der Waals surface area contributed by atoms with E-state index >= 15 is 0 Å². The highest BCUT2D eigenvalue weighted by atomic mass is 16.7. The highest BCUT2D eigenvalue weighted by Crippen LogP contribution is 2.26. The van der Waals surface area contributed by atoms with Gasteiger partial charge in [-0.05, 0) is 77.0 Å². The molecule has 11 unspecified atom stereocenters. The van der Waals surface area contributed by atoms with Gasteiger partial charge in [0.05, 0.1) is 19.8 Å². The molecule has 11 atom stereocenters. The van der Waals surface area contributed by atoms with E-state index < -0.39 is 99.3 Å². The van der Waals surface area contributed by atoms with Gasteiger partial charge < -0.3 is 64.2 Å². The second-order valence-electron chi connectivity index (χ2n) is 18.3. The number of hydrogen-bond donors (Lipinski definition) is 7. The van der Waals surface area contributed by atoms with Crippen molar-refractivity contribution in [1.82, 2.24) is 0 Å². The molecule has 2 aliphatic rings. The van der Waals surface area contributed by atoms with Gasteiger partial charge in [0.25, 0.3) is 0 Å². The number of unbranched alkanes of at least 4 members (excludes halogenated alkanes) is 16. The molecular weight excluding hydrogens is 889 g/mol. The Hall–Kier alpha value is -2.80. The van der Waals surface area contributed by atoms with Crippen LogP contribution in [0.3, 0.4) is 0 Å². The maximum Gasteiger partial charge on any atom is 0.306 e. The molecule has 2 saturated heterocycles. The van der Waals surface area contributed by atoms with Crippen molar-refractivity contribution in [2.45, 2.75) is 242 Å². The van der Waals surface area contributed by atoms with E-state index in [1.807, 2.05) is 0 Å². The minimum absolute atomic E-state index is 0.148. The molecular formula is C54H92O15. The molecule has 7 N–H and O–H groups in total. The lowest BCUT2D eigenvalue weighted by Gasteiger charge is -2.42. The Kier molecular flexibility index (Phi) is 36.8. The number of aliphatic hydroxyl groups is 7. The zero-order valence-corrected chi connectivity index (χ0v) is 42.0. The third kappa shape index (κ3) is 28.7. The quantitative estimate of drug-likeness (QED) is 0.0178. The molecule has 0 amide bonds. The first-order valence-corrected chi connectivity index (χ1v) is 26.4. The summed E-state index contributed by atoms with van der Waals surface area (Å²) in [5.74, 6) is -0.955. The first-order valence-electron chi connectivity index (χ1n) is 26.4.